The maximum atomic E-state index is 11.8. The molecule has 0 aliphatic carbocycles. The van der Waals surface area contributed by atoms with Crippen LogP contribution in [-0.2, 0) is 27.3 Å². The van der Waals surface area contributed by atoms with Crippen molar-refractivity contribution in [3.05, 3.63) is 71.4 Å². The molecule has 1 aliphatic rings. The Morgan fingerprint density at radius 1 is 1.08 bits per heavy atom. The van der Waals surface area contributed by atoms with Crippen LogP contribution in [0, 0.1) is 0 Å². The summed E-state index contributed by atoms with van der Waals surface area (Å²) in [5, 5.41) is 1.05. The summed E-state index contributed by atoms with van der Waals surface area (Å²) < 4.78 is 31.4. The van der Waals surface area contributed by atoms with E-state index < -0.39 is 16.3 Å². The maximum Gasteiger partial charge on any atom is 0.266 e. The number of fused-ring (bicyclic) bond motifs is 3. The van der Waals surface area contributed by atoms with Crippen molar-refractivity contribution >= 4 is 21.0 Å². The zero-order chi connectivity index (χ0) is 18.3. The molecular formula is C20H22N2O3S. The summed E-state index contributed by atoms with van der Waals surface area (Å²) in [6, 6.07) is 18.5. The van der Waals surface area contributed by atoms with Crippen LogP contribution >= 0.6 is 0 Å². The molecule has 1 unspecified atom stereocenters. The molecule has 0 radical (unpaired) electrons. The first-order valence-corrected chi connectivity index (χ1v) is 10.5. The smallest absolute Gasteiger partial charge is 0.266 e. The highest BCUT2D eigenvalue weighted by Crippen LogP contribution is 2.38. The number of benzene rings is 2. The molecule has 0 spiro atoms. The predicted octanol–water partition coefficient (Wildman–Crippen LogP) is 3.15. The van der Waals surface area contributed by atoms with E-state index in [0.717, 1.165) is 47.9 Å². The standard InChI is InChI=1S/C20H22N2O3S/c1-21-13-12-18-19(20(21)25-26(2,23)24)16-10-6-7-11-17(16)22(18)14-15-8-4-3-5-9-15/h3-11,20H,12-14H2,1-2H3. The topological polar surface area (TPSA) is 51.5 Å². The maximum absolute atomic E-state index is 11.8. The highest BCUT2D eigenvalue weighted by atomic mass is 32.2. The Hall–Kier alpha value is -2.15. The molecule has 0 saturated heterocycles. The Bertz CT molecular complexity index is 1040. The number of aromatic nitrogens is 1. The third-order valence-corrected chi connectivity index (χ3v) is 5.45. The van der Waals surface area contributed by atoms with E-state index in [1.165, 1.54) is 5.56 Å². The van der Waals surface area contributed by atoms with Crippen LogP contribution in [0.5, 0.6) is 0 Å². The third kappa shape index (κ3) is 3.16. The highest BCUT2D eigenvalue weighted by molar-refractivity contribution is 7.86. The molecule has 4 rings (SSSR count). The van der Waals surface area contributed by atoms with Gasteiger partial charge in [0.25, 0.3) is 10.1 Å². The molecule has 2 heterocycles. The second kappa shape index (κ2) is 6.54. The fourth-order valence-electron chi connectivity index (χ4n) is 3.78. The molecule has 26 heavy (non-hydrogen) atoms. The van der Waals surface area contributed by atoms with E-state index in [2.05, 4.69) is 22.8 Å². The minimum absolute atomic E-state index is 0.587. The van der Waals surface area contributed by atoms with Crippen LogP contribution in [0.1, 0.15) is 23.0 Å². The average molecular weight is 370 g/mol. The minimum atomic E-state index is -3.57. The number of nitrogens with zero attached hydrogens (tertiary/aromatic N) is 2. The first kappa shape index (κ1) is 17.3. The van der Waals surface area contributed by atoms with Crippen LogP contribution < -0.4 is 0 Å². The Balaban J connectivity index is 1.90. The summed E-state index contributed by atoms with van der Waals surface area (Å²) in [7, 11) is -1.66. The van der Waals surface area contributed by atoms with Crippen molar-refractivity contribution in [2.45, 2.75) is 19.2 Å². The molecule has 2 aromatic carbocycles. The van der Waals surface area contributed by atoms with Crippen LogP contribution in [0.2, 0.25) is 0 Å². The van der Waals surface area contributed by atoms with Gasteiger partial charge in [-0.05, 0) is 18.7 Å². The molecule has 6 heteroatoms. The Morgan fingerprint density at radius 2 is 1.77 bits per heavy atom. The normalized spacial score (nSPS) is 18.2. The lowest BCUT2D eigenvalue weighted by Crippen LogP contribution is -2.35. The number of hydrogen-bond donors (Lipinski definition) is 0. The second-order valence-electron chi connectivity index (χ2n) is 6.83. The van der Waals surface area contributed by atoms with Crippen molar-refractivity contribution in [1.29, 1.82) is 0 Å². The van der Waals surface area contributed by atoms with Crippen molar-refractivity contribution in [3.63, 3.8) is 0 Å². The minimum Gasteiger partial charge on any atom is -0.340 e. The molecule has 5 nitrogen and oxygen atoms in total. The van der Waals surface area contributed by atoms with E-state index in [1.807, 2.05) is 48.3 Å². The van der Waals surface area contributed by atoms with Gasteiger partial charge in [-0.2, -0.15) is 8.42 Å². The van der Waals surface area contributed by atoms with Gasteiger partial charge < -0.3 is 4.57 Å². The van der Waals surface area contributed by atoms with Gasteiger partial charge in [0, 0.05) is 41.7 Å². The molecule has 0 amide bonds. The van der Waals surface area contributed by atoms with Gasteiger partial charge in [-0.25, -0.2) is 4.18 Å². The fraction of sp³-hybridized carbons (Fsp3) is 0.300. The Labute approximate surface area is 153 Å². The Morgan fingerprint density at radius 3 is 2.50 bits per heavy atom. The van der Waals surface area contributed by atoms with Gasteiger partial charge in [-0.1, -0.05) is 48.5 Å². The SMILES string of the molecule is CN1CCc2c(c3ccccc3n2Cc2ccccc2)C1OS(C)(=O)=O. The highest BCUT2D eigenvalue weighted by Gasteiger charge is 2.33. The zero-order valence-corrected chi connectivity index (χ0v) is 15.7. The molecule has 0 fully saturated rings. The predicted molar refractivity (Wildman–Crippen MR) is 102 cm³/mol. The van der Waals surface area contributed by atoms with Crippen molar-refractivity contribution in [2.75, 3.05) is 19.8 Å². The molecule has 1 atom stereocenters. The third-order valence-electron chi connectivity index (χ3n) is 4.92. The molecule has 136 valence electrons. The first-order chi connectivity index (χ1) is 12.4. The molecule has 0 N–H and O–H groups in total. The van der Waals surface area contributed by atoms with E-state index in [1.54, 1.807) is 0 Å². The lowest BCUT2D eigenvalue weighted by atomic mass is 10.0. The van der Waals surface area contributed by atoms with E-state index >= 15 is 0 Å². The molecule has 0 bridgehead atoms. The van der Waals surface area contributed by atoms with Crippen molar-refractivity contribution < 1.29 is 12.6 Å². The number of rotatable bonds is 4. The molecule has 1 aliphatic heterocycles. The molecule has 0 saturated carbocycles. The fourth-order valence-corrected chi connectivity index (χ4v) is 4.36. The first-order valence-electron chi connectivity index (χ1n) is 8.66. The zero-order valence-electron chi connectivity index (χ0n) is 14.9. The quantitative estimate of drug-likeness (QED) is 0.662. The largest absolute Gasteiger partial charge is 0.340 e. The summed E-state index contributed by atoms with van der Waals surface area (Å²) >= 11 is 0. The number of para-hydroxylation sites is 1. The van der Waals surface area contributed by atoms with Crippen molar-refractivity contribution in [1.82, 2.24) is 9.47 Å². The van der Waals surface area contributed by atoms with Crippen LogP contribution in [0.15, 0.2) is 54.6 Å². The summed E-state index contributed by atoms with van der Waals surface area (Å²) in [4.78, 5) is 1.96. The summed E-state index contributed by atoms with van der Waals surface area (Å²) in [5.41, 5.74) is 4.45. The van der Waals surface area contributed by atoms with Gasteiger partial charge >= 0.3 is 0 Å². The van der Waals surface area contributed by atoms with E-state index in [0.29, 0.717) is 0 Å². The van der Waals surface area contributed by atoms with Gasteiger partial charge in [0.2, 0.25) is 0 Å². The van der Waals surface area contributed by atoms with Crippen molar-refractivity contribution in [2.24, 2.45) is 0 Å². The summed E-state index contributed by atoms with van der Waals surface area (Å²) in [6.45, 7) is 1.50. The van der Waals surface area contributed by atoms with Gasteiger partial charge in [0.05, 0.1) is 6.26 Å². The van der Waals surface area contributed by atoms with Gasteiger partial charge in [0.15, 0.2) is 6.23 Å². The summed E-state index contributed by atoms with van der Waals surface area (Å²) in [6.07, 6.45) is 1.38. The van der Waals surface area contributed by atoms with Gasteiger partial charge in [0.1, 0.15) is 0 Å². The average Bonchev–Trinajstić information content (AvgIpc) is 2.92. The lowest BCUT2D eigenvalue weighted by molar-refractivity contribution is 0.0425. The molecule has 1 aromatic heterocycles. The summed E-state index contributed by atoms with van der Waals surface area (Å²) in [5.74, 6) is 0. The van der Waals surface area contributed by atoms with Crippen molar-refractivity contribution in [3.8, 4) is 0 Å². The van der Waals surface area contributed by atoms with E-state index in [4.69, 9.17) is 4.18 Å². The Kier molecular flexibility index (Phi) is 4.34. The van der Waals surface area contributed by atoms with Gasteiger partial charge in [-0.15, -0.1) is 0 Å². The number of hydrogen-bond acceptors (Lipinski definition) is 4. The molecular weight excluding hydrogens is 348 g/mol. The van der Waals surface area contributed by atoms with Gasteiger partial charge in [-0.3, -0.25) is 4.90 Å². The monoisotopic (exact) mass is 370 g/mol. The molecule has 3 aromatic rings. The second-order valence-corrected chi connectivity index (χ2v) is 8.43. The van der Waals surface area contributed by atoms with Crippen LogP contribution in [0.3, 0.4) is 0 Å². The van der Waals surface area contributed by atoms with Crippen LogP contribution in [0.25, 0.3) is 10.9 Å². The van der Waals surface area contributed by atoms with Crippen LogP contribution in [0.4, 0.5) is 0 Å². The van der Waals surface area contributed by atoms with E-state index in [-0.39, 0.29) is 0 Å². The lowest BCUT2D eigenvalue weighted by Gasteiger charge is -2.32. The number of likely N-dealkylation sites (N-methyl/N-ethyl adjacent to an activating group) is 1. The van der Waals surface area contributed by atoms with E-state index in [9.17, 15) is 8.42 Å². The van der Waals surface area contributed by atoms with Crippen LogP contribution in [-0.4, -0.2) is 37.7 Å².